The fourth-order valence-electron chi connectivity index (χ4n) is 7.59. The molecule has 4 rings (SSSR count). The van der Waals surface area contributed by atoms with Crippen molar-refractivity contribution < 1.29 is 27.1 Å². The minimum Gasteiger partial charge on any atom is -0.312 e. The molecule has 0 aromatic carbocycles. The summed E-state index contributed by atoms with van der Waals surface area (Å²) < 4.78 is 37.4. The van der Waals surface area contributed by atoms with Gasteiger partial charge in [-0.05, 0) is 94.3 Å². The molecular formula is C33H62O6P2. The van der Waals surface area contributed by atoms with Gasteiger partial charge in [-0.25, -0.2) is 0 Å². The van der Waals surface area contributed by atoms with E-state index >= 15 is 0 Å². The van der Waals surface area contributed by atoms with Crippen LogP contribution in [0, 0.1) is 28.1 Å². The van der Waals surface area contributed by atoms with Crippen molar-refractivity contribution in [2.24, 2.45) is 28.1 Å². The molecule has 8 heteroatoms. The van der Waals surface area contributed by atoms with Crippen LogP contribution < -0.4 is 0 Å². The molecule has 2 aliphatic carbocycles. The Balaban J connectivity index is 1.14. The highest BCUT2D eigenvalue weighted by Crippen LogP contribution is 2.55. The van der Waals surface area contributed by atoms with Gasteiger partial charge in [0.1, 0.15) is 0 Å². The number of unbranched alkanes of at least 4 members (excludes halogenated alkanes) is 2. The summed E-state index contributed by atoms with van der Waals surface area (Å²) in [5.74, 6) is 1.51. The van der Waals surface area contributed by atoms with E-state index in [1.807, 2.05) is 0 Å². The van der Waals surface area contributed by atoms with E-state index in [2.05, 4.69) is 41.5 Å². The highest BCUT2D eigenvalue weighted by Gasteiger charge is 2.43. The van der Waals surface area contributed by atoms with Gasteiger partial charge in [0.25, 0.3) is 0 Å². The molecule has 0 spiro atoms. The van der Waals surface area contributed by atoms with E-state index in [1.54, 1.807) is 0 Å². The Hall–Kier alpha value is 0.620. The molecule has 0 aromatic heterocycles. The van der Waals surface area contributed by atoms with Crippen molar-refractivity contribution in [2.75, 3.05) is 26.4 Å². The first kappa shape index (κ1) is 34.5. The Kier molecular flexibility index (Phi) is 13.7. The van der Waals surface area contributed by atoms with Crippen molar-refractivity contribution >= 4 is 17.2 Å². The molecule has 0 atom stereocenters. The smallest absolute Gasteiger partial charge is 0.312 e. The van der Waals surface area contributed by atoms with Crippen LogP contribution in [-0.4, -0.2) is 38.6 Å². The summed E-state index contributed by atoms with van der Waals surface area (Å²) >= 11 is 0. The van der Waals surface area contributed by atoms with Gasteiger partial charge in [-0.1, -0.05) is 67.2 Å². The van der Waals surface area contributed by atoms with Gasteiger partial charge in [-0.3, -0.25) is 0 Å². The second-order valence-corrected chi connectivity index (χ2v) is 16.8. The zero-order valence-electron chi connectivity index (χ0n) is 27.3. The fourth-order valence-corrected chi connectivity index (χ4v) is 10.4. The van der Waals surface area contributed by atoms with Gasteiger partial charge in [0.2, 0.25) is 0 Å². The zero-order chi connectivity index (χ0) is 29.3. The van der Waals surface area contributed by atoms with Gasteiger partial charge in [-0.15, -0.1) is 0 Å². The summed E-state index contributed by atoms with van der Waals surface area (Å²) in [5.41, 5.74) is 0.732. The first-order chi connectivity index (χ1) is 19.8. The van der Waals surface area contributed by atoms with Crippen LogP contribution in [0.2, 0.25) is 0 Å². The predicted octanol–water partition coefficient (Wildman–Crippen LogP) is 10.9. The summed E-state index contributed by atoms with van der Waals surface area (Å²) in [4.78, 5) is 0. The monoisotopic (exact) mass is 616 g/mol. The van der Waals surface area contributed by atoms with E-state index < -0.39 is 17.2 Å². The van der Waals surface area contributed by atoms with Gasteiger partial charge in [0.15, 0.2) is 0 Å². The zero-order valence-corrected chi connectivity index (χ0v) is 29.1. The summed E-state index contributed by atoms with van der Waals surface area (Å²) in [5, 5.41) is 0. The molecule has 4 aliphatic rings. The molecule has 6 nitrogen and oxygen atoms in total. The lowest BCUT2D eigenvalue weighted by atomic mass is 9.60. The number of rotatable bonds is 14. The first-order valence-electron chi connectivity index (χ1n) is 17.2. The SMILES string of the molecule is CCCCC1(CC)COP(OC2CCC(C(C)(C)C3CCC(OP4OCC(CC)(CCCC)CO4)CC3)CC2)OC1. The van der Waals surface area contributed by atoms with Crippen LogP contribution in [0.1, 0.15) is 144 Å². The maximum Gasteiger partial charge on any atom is 0.332 e. The van der Waals surface area contributed by atoms with Crippen LogP contribution in [-0.2, 0) is 27.1 Å². The van der Waals surface area contributed by atoms with Crippen LogP contribution in [0.3, 0.4) is 0 Å². The summed E-state index contributed by atoms with van der Waals surface area (Å²) in [6, 6.07) is 0. The van der Waals surface area contributed by atoms with Crippen molar-refractivity contribution in [3.05, 3.63) is 0 Å². The third-order valence-electron chi connectivity index (χ3n) is 11.4. The van der Waals surface area contributed by atoms with Gasteiger partial charge >= 0.3 is 17.2 Å². The molecular weight excluding hydrogens is 554 g/mol. The van der Waals surface area contributed by atoms with E-state index in [-0.39, 0.29) is 23.0 Å². The maximum absolute atomic E-state index is 6.39. The maximum atomic E-state index is 6.39. The quantitative estimate of drug-likeness (QED) is 0.181. The molecule has 2 saturated carbocycles. The van der Waals surface area contributed by atoms with Crippen LogP contribution in [0.5, 0.6) is 0 Å². The van der Waals surface area contributed by atoms with Gasteiger partial charge in [0.05, 0.1) is 38.6 Å². The van der Waals surface area contributed by atoms with Crippen LogP contribution in [0.25, 0.3) is 0 Å². The second-order valence-electron chi connectivity index (χ2n) is 14.4. The lowest BCUT2D eigenvalue weighted by Crippen LogP contribution is -2.39. The minimum absolute atomic E-state index is 0.191. The fraction of sp³-hybridized carbons (Fsp3) is 1.00. The molecule has 0 radical (unpaired) electrons. The van der Waals surface area contributed by atoms with E-state index in [0.717, 1.165) is 76.8 Å². The van der Waals surface area contributed by atoms with Gasteiger partial charge in [0, 0.05) is 10.8 Å². The van der Waals surface area contributed by atoms with E-state index in [0.29, 0.717) is 5.41 Å². The van der Waals surface area contributed by atoms with Gasteiger partial charge in [-0.2, -0.15) is 0 Å². The van der Waals surface area contributed by atoms with Crippen LogP contribution in [0.15, 0.2) is 0 Å². The minimum atomic E-state index is -1.18. The molecule has 0 aromatic rings. The summed E-state index contributed by atoms with van der Waals surface area (Å²) in [6.45, 7) is 17.3. The molecule has 41 heavy (non-hydrogen) atoms. The predicted molar refractivity (Wildman–Crippen MR) is 170 cm³/mol. The molecule has 240 valence electrons. The molecule has 2 aliphatic heterocycles. The lowest BCUT2D eigenvalue weighted by Gasteiger charge is -2.47. The Morgan fingerprint density at radius 1 is 0.585 bits per heavy atom. The van der Waals surface area contributed by atoms with Crippen LogP contribution in [0.4, 0.5) is 0 Å². The Morgan fingerprint density at radius 3 is 1.22 bits per heavy atom. The highest BCUT2D eigenvalue weighted by molar-refractivity contribution is 7.42. The summed E-state index contributed by atoms with van der Waals surface area (Å²) in [7, 11) is -2.37. The van der Waals surface area contributed by atoms with E-state index in [9.17, 15) is 0 Å². The van der Waals surface area contributed by atoms with E-state index in [4.69, 9.17) is 27.1 Å². The molecule has 0 bridgehead atoms. The largest absolute Gasteiger partial charge is 0.332 e. The Bertz CT molecular complexity index is 674. The number of hydrogen-bond acceptors (Lipinski definition) is 6. The number of hydrogen-bond donors (Lipinski definition) is 0. The molecule has 0 unspecified atom stereocenters. The highest BCUT2D eigenvalue weighted by atomic mass is 31.2. The second kappa shape index (κ2) is 16.3. The van der Waals surface area contributed by atoms with Crippen molar-refractivity contribution in [1.82, 2.24) is 0 Å². The van der Waals surface area contributed by atoms with Crippen molar-refractivity contribution in [3.63, 3.8) is 0 Å². The normalized spacial score (nSPS) is 39.1. The molecule has 0 amide bonds. The van der Waals surface area contributed by atoms with Crippen LogP contribution >= 0.6 is 17.2 Å². The Labute approximate surface area is 255 Å². The molecule has 2 heterocycles. The van der Waals surface area contributed by atoms with E-state index in [1.165, 1.54) is 64.2 Å². The Morgan fingerprint density at radius 2 is 0.927 bits per heavy atom. The lowest BCUT2D eigenvalue weighted by molar-refractivity contribution is -0.0321. The molecule has 0 N–H and O–H groups in total. The first-order valence-corrected chi connectivity index (χ1v) is 19.4. The topological polar surface area (TPSA) is 55.4 Å². The third-order valence-corrected chi connectivity index (χ3v) is 13.7. The molecule has 4 fully saturated rings. The average molecular weight is 617 g/mol. The van der Waals surface area contributed by atoms with Crippen molar-refractivity contribution in [1.29, 1.82) is 0 Å². The van der Waals surface area contributed by atoms with Crippen molar-refractivity contribution in [2.45, 2.75) is 156 Å². The standard InChI is InChI=1S/C33H62O6P2/c1-7-11-21-32(9-3)23-34-40(35-24-32)38-29-17-13-27(14-18-29)31(5,6)28-15-19-30(20-16-28)39-41-36-25-33(10-4,26-37-41)22-12-8-2/h27-30H,7-26H2,1-6H3. The van der Waals surface area contributed by atoms with Gasteiger partial charge < -0.3 is 27.1 Å². The summed E-state index contributed by atoms with van der Waals surface area (Å²) in [6.07, 6.45) is 19.6. The van der Waals surface area contributed by atoms with Crippen molar-refractivity contribution in [3.8, 4) is 0 Å². The molecule has 2 saturated heterocycles. The third kappa shape index (κ3) is 9.32. The average Bonchev–Trinajstić information content (AvgIpc) is 3.01.